The first kappa shape index (κ1) is 21.2. The van der Waals surface area contributed by atoms with Crippen LogP contribution < -0.4 is 10.0 Å². The molecule has 152 valence electrons. The lowest BCUT2D eigenvalue weighted by molar-refractivity contribution is 0.0925. The minimum atomic E-state index is -3.60. The maximum atomic E-state index is 12.4. The van der Waals surface area contributed by atoms with Gasteiger partial charge in [-0.2, -0.15) is 0 Å². The molecule has 2 aromatic carbocycles. The van der Waals surface area contributed by atoms with Crippen molar-refractivity contribution in [2.45, 2.75) is 22.5 Å². The van der Waals surface area contributed by atoms with Crippen molar-refractivity contribution in [1.29, 1.82) is 0 Å². The Balaban J connectivity index is 1.49. The number of rotatable bonds is 9. The normalized spacial score (nSPS) is 11.3. The first-order valence-corrected chi connectivity index (χ1v) is 11.5. The van der Waals surface area contributed by atoms with E-state index in [2.05, 4.69) is 10.0 Å². The number of carbonyl (C=O) groups is 1. The predicted molar refractivity (Wildman–Crippen MR) is 113 cm³/mol. The van der Waals surface area contributed by atoms with Crippen molar-refractivity contribution in [1.82, 2.24) is 10.0 Å². The third kappa shape index (κ3) is 5.96. The van der Waals surface area contributed by atoms with Gasteiger partial charge in [-0.15, -0.1) is 11.8 Å². The van der Waals surface area contributed by atoms with Gasteiger partial charge in [0.05, 0.1) is 11.2 Å². The van der Waals surface area contributed by atoms with Crippen molar-refractivity contribution in [2.24, 2.45) is 0 Å². The Kier molecular flexibility index (Phi) is 7.13. The highest BCUT2D eigenvalue weighted by Crippen LogP contribution is 2.24. The molecule has 0 aliphatic rings. The molecule has 0 atom stereocenters. The van der Waals surface area contributed by atoms with Crippen LogP contribution in [0.4, 0.5) is 0 Å². The number of aryl methyl sites for hydroxylation is 1. The highest BCUT2D eigenvalue weighted by Gasteiger charge is 2.16. The van der Waals surface area contributed by atoms with E-state index in [0.29, 0.717) is 5.75 Å². The first-order chi connectivity index (χ1) is 14.0. The Morgan fingerprint density at radius 1 is 1.00 bits per heavy atom. The smallest absolute Gasteiger partial charge is 0.287 e. The fourth-order valence-electron chi connectivity index (χ4n) is 2.57. The third-order valence-electron chi connectivity index (χ3n) is 4.12. The number of benzene rings is 2. The Labute approximate surface area is 174 Å². The van der Waals surface area contributed by atoms with Crippen molar-refractivity contribution in [3.05, 3.63) is 83.8 Å². The van der Waals surface area contributed by atoms with E-state index in [1.807, 2.05) is 37.3 Å². The highest BCUT2D eigenvalue weighted by molar-refractivity contribution is 7.98. The summed E-state index contributed by atoms with van der Waals surface area (Å²) in [4.78, 5) is 13.7. The largest absolute Gasteiger partial charge is 0.459 e. The lowest BCUT2D eigenvalue weighted by atomic mass is 10.2. The zero-order chi connectivity index (χ0) is 20.7. The van der Waals surface area contributed by atoms with Crippen LogP contribution in [0.2, 0.25) is 0 Å². The maximum absolute atomic E-state index is 12.4. The highest BCUT2D eigenvalue weighted by atomic mass is 32.2. The van der Waals surface area contributed by atoms with Gasteiger partial charge in [-0.05, 0) is 37.3 Å². The third-order valence-corrected chi connectivity index (χ3v) is 6.66. The summed E-state index contributed by atoms with van der Waals surface area (Å²) in [5.41, 5.74) is 1.77. The second-order valence-corrected chi connectivity index (χ2v) is 9.16. The van der Waals surface area contributed by atoms with Gasteiger partial charge in [0.1, 0.15) is 0 Å². The minimum absolute atomic E-state index is 0.0801. The SMILES string of the molecule is Cc1ccc(S(=O)(=O)NCCNC(=O)c2occc2CSc2ccccc2)cc1. The molecule has 0 saturated heterocycles. The van der Waals surface area contributed by atoms with Crippen molar-refractivity contribution < 1.29 is 17.6 Å². The molecule has 2 N–H and O–H groups in total. The van der Waals surface area contributed by atoms with E-state index in [0.717, 1.165) is 16.0 Å². The van der Waals surface area contributed by atoms with E-state index in [9.17, 15) is 13.2 Å². The van der Waals surface area contributed by atoms with Gasteiger partial charge >= 0.3 is 0 Å². The Hall–Kier alpha value is -2.55. The minimum Gasteiger partial charge on any atom is -0.459 e. The van der Waals surface area contributed by atoms with E-state index in [-0.39, 0.29) is 29.7 Å². The summed E-state index contributed by atoms with van der Waals surface area (Å²) in [5.74, 6) is 0.478. The van der Waals surface area contributed by atoms with E-state index < -0.39 is 10.0 Å². The van der Waals surface area contributed by atoms with Crippen molar-refractivity contribution >= 4 is 27.7 Å². The molecule has 3 aromatic rings. The van der Waals surface area contributed by atoms with Crippen LogP contribution in [0.25, 0.3) is 0 Å². The molecule has 0 fully saturated rings. The molecule has 0 unspecified atom stereocenters. The Bertz CT molecular complexity index is 1050. The molecule has 0 aliphatic heterocycles. The first-order valence-electron chi connectivity index (χ1n) is 9.04. The molecule has 1 aromatic heterocycles. The zero-order valence-electron chi connectivity index (χ0n) is 15.9. The van der Waals surface area contributed by atoms with Crippen LogP contribution in [0.3, 0.4) is 0 Å². The second-order valence-electron chi connectivity index (χ2n) is 6.34. The predicted octanol–water partition coefficient (Wildman–Crippen LogP) is 3.59. The van der Waals surface area contributed by atoms with E-state index >= 15 is 0 Å². The standard InChI is InChI=1S/C21H22N2O4S2/c1-16-7-9-19(10-8-16)29(25,26)23-13-12-22-21(24)20-17(11-14-27-20)15-28-18-5-3-2-4-6-18/h2-11,14,23H,12-13,15H2,1H3,(H,22,24). The molecule has 3 rings (SSSR count). The average Bonchev–Trinajstić information content (AvgIpc) is 3.19. The molecule has 29 heavy (non-hydrogen) atoms. The summed E-state index contributed by atoms with van der Waals surface area (Å²) in [6, 6.07) is 18.2. The molecule has 0 spiro atoms. The molecule has 6 nitrogen and oxygen atoms in total. The van der Waals surface area contributed by atoms with Crippen LogP contribution in [-0.2, 0) is 15.8 Å². The number of nitrogens with one attached hydrogen (secondary N) is 2. The molecule has 0 radical (unpaired) electrons. The van der Waals surface area contributed by atoms with Crippen molar-refractivity contribution in [3.8, 4) is 0 Å². The lowest BCUT2D eigenvalue weighted by Crippen LogP contribution is -2.34. The quantitative estimate of drug-likeness (QED) is 0.400. The van der Waals surface area contributed by atoms with Crippen LogP contribution in [0.1, 0.15) is 21.7 Å². The van der Waals surface area contributed by atoms with Gasteiger partial charge in [0, 0.05) is 29.3 Å². The Morgan fingerprint density at radius 3 is 2.45 bits per heavy atom. The molecule has 0 bridgehead atoms. The number of thioether (sulfide) groups is 1. The number of carbonyl (C=O) groups excluding carboxylic acids is 1. The molecular formula is C21H22N2O4S2. The van der Waals surface area contributed by atoms with Gasteiger partial charge in [0.15, 0.2) is 5.76 Å². The fourth-order valence-corrected chi connectivity index (χ4v) is 4.50. The number of furan rings is 1. The van der Waals surface area contributed by atoms with E-state index in [1.54, 1.807) is 42.1 Å². The van der Waals surface area contributed by atoms with E-state index in [4.69, 9.17) is 4.42 Å². The topological polar surface area (TPSA) is 88.4 Å². The number of hydrogen-bond acceptors (Lipinski definition) is 5. The molecule has 8 heteroatoms. The van der Waals surface area contributed by atoms with Crippen LogP contribution >= 0.6 is 11.8 Å². The van der Waals surface area contributed by atoms with Gasteiger partial charge in [-0.25, -0.2) is 13.1 Å². The van der Waals surface area contributed by atoms with Gasteiger partial charge < -0.3 is 9.73 Å². The van der Waals surface area contributed by atoms with Gasteiger partial charge in [-0.3, -0.25) is 4.79 Å². The number of sulfonamides is 1. The number of hydrogen-bond donors (Lipinski definition) is 2. The monoisotopic (exact) mass is 430 g/mol. The second kappa shape index (κ2) is 9.78. The molecule has 1 amide bonds. The summed E-state index contributed by atoms with van der Waals surface area (Å²) < 4.78 is 32.3. The van der Waals surface area contributed by atoms with Crippen molar-refractivity contribution in [2.75, 3.05) is 13.1 Å². The summed E-state index contributed by atoms with van der Waals surface area (Å²) in [5, 5.41) is 2.69. The zero-order valence-corrected chi connectivity index (χ0v) is 17.6. The maximum Gasteiger partial charge on any atom is 0.287 e. The summed E-state index contributed by atoms with van der Waals surface area (Å²) in [7, 11) is -3.60. The number of amides is 1. The summed E-state index contributed by atoms with van der Waals surface area (Å²) in [6.45, 7) is 2.12. The lowest BCUT2D eigenvalue weighted by Gasteiger charge is -2.08. The molecule has 0 aliphatic carbocycles. The van der Waals surface area contributed by atoms with Crippen LogP contribution in [0.15, 0.2) is 81.1 Å². The average molecular weight is 431 g/mol. The Morgan fingerprint density at radius 2 is 1.72 bits per heavy atom. The van der Waals surface area contributed by atoms with Crippen molar-refractivity contribution in [3.63, 3.8) is 0 Å². The fraction of sp³-hybridized carbons (Fsp3) is 0.190. The van der Waals surface area contributed by atoms with Gasteiger partial charge in [0.2, 0.25) is 10.0 Å². The van der Waals surface area contributed by atoms with Crippen LogP contribution in [0.5, 0.6) is 0 Å². The molecule has 0 saturated carbocycles. The van der Waals surface area contributed by atoms with Crippen LogP contribution in [0, 0.1) is 6.92 Å². The molecule has 1 heterocycles. The van der Waals surface area contributed by atoms with Gasteiger partial charge in [-0.1, -0.05) is 35.9 Å². The van der Waals surface area contributed by atoms with Crippen LogP contribution in [-0.4, -0.2) is 27.4 Å². The van der Waals surface area contributed by atoms with E-state index in [1.165, 1.54) is 6.26 Å². The summed E-state index contributed by atoms with van der Waals surface area (Å²) in [6.07, 6.45) is 1.48. The van der Waals surface area contributed by atoms with Gasteiger partial charge in [0.25, 0.3) is 5.91 Å². The summed E-state index contributed by atoms with van der Waals surface area (Å²) >= 11 is 1.61. The molecular weight excluding hydrogens is 408 g/mol.